The van der Waals surface area contributed by atoms with E-state index in [9.17, 15) is 23.7 Å². The molecule has 1 unspecified atom stereocenters. The lowest BCUT2D eigenvalue weighted by Gasteiger charge is -2.41. The van der Waals surface area contributed by atoms with Crippen LogP contribution in [0.1, 0.15) is 51.5 Å². The number of allylic oxidation sites excluding steroid dienone is 2. The minimum Gasteiger partial charge on any atom is -0.447 e. The van der Waals surface area contributed by atoms with Crippen LogP contribution in [0.15, 0.2) is 24.3 Å². The molecule has 7 nitrogen and oxygen atoms in total. The molecule has 1 saturated heterocycles. The third-order valence-electron chi connectivity index (χ3n) is 5.53. The maximum atomic E-state index is 14.6. The summed E-state index contributed by atoms with van der Waals surface area (Å²) >= 11 is 1.21. The fraction of sp³-hybridized carbons (Fsp3) is 0.550. The van der Waals surface area contributed by atoms with Gasteiger partial charge in [0.2, 0.25) is 0 Å². The number of carbonyl (C=O) groups excluding carboxylic acids is 1. The van der Waals surface area contributed by atoms with Crippen LogP contribution in [0.3, 0.4) is 0 Å². The molecule has 0 amide bonds. The number of benzene rings is 1. The molecule has 0 spiro atoms. The van der Waals surface area contributed by atoms with Crippen LogP contribution < -0.4 is 11.1 Å². The van der Waals surface area contributed by atoms with Crippen molar-refractivity contribution < 1.29 is 23.2 Å². The minimum atomic E-state index is -1.31. The van der Waals surface area contributed by atoms with Crippen molar-refractivity contribution in [3.8, 4) is 0 Å². The molecule has 3 rings (SSSR count). The van der Waals surface area contributed by atoms with Crippen LogP contribution in [0, 0.1) is 27.7 Å². The number of nitrogens with zero attached hydrogens (tertiary/aromatic N) is 1. The Kier molecular flexibility index (Phi) is 6.49. The van der Waals surface area contributed by atoms with Crippen molar-refractivity contribution in [3.63, 3.8) is 0 Å². The van der Waals surface area contributed by atoms with E-state index in [1.165, 1.54) is 11.8 Å². The molecular weight excluding hydrogens is 416 g/mol. The standard InChI is InChI=1S/C20H25F2N3O4S/c1-3-4-5-6-7-8-16(26)29-20-11-15(20)19(2,24-18(23)30-20)13-9-12(25(27)28)10-14(21)17(13)22/h5-6,9-10,15,18,24H,3-4,7-8,11,23H2,1-2H3/t15-,18?,19+,20-/m0/s1. The first kappa shape index (κ1) is 22.6. The van der Waals surface area contributed by atoms with Crippen LogP contribution in [0.2, 0.25) is 0 Å². The molecule has 1 aliphatic carbocycles. The van der Waals surface area contributed by atoms with E-state index in [0.717, 1.165) is 18.9 Å². The van der Waals surface area contributed by atoms with Gasteiger partial charge in [0.05, 0.1) is 16.5 Å². The molecule has 0 bridgehead atoms. The van der Waals surface area contributed by atoms with E-state index in [4.69, 9.17) is 10.5 Å². The lowest BCUT2D eigenvalue weighted by molar-refractivity contribution is -0.385. The van der Waals surface area contributed by atoms with Gasteiger partial charge in [-0.2, -0.15) is 0 Å². The first-order valence-corrected chi connectivity index (χ1v) is 10.7. The Labute approximate surface area is 177 Å². The summed E-state index contributed by atoms with van der Waals surface area (Å²) in [6, 6.07) is 1.56. The predicted octanol–water partition coefficient (Wildman–Crippen LogP) is 4.06. The van der Waals surface area contributed by atoms with Gasteiger partial charge in [0.15, 0.2) is 16.6 Å². The molecule has 1 heterocycles. The second-order valence-electron chi connectivity index (χ2n) is 7.77. The molecular formula is C20H25F2N3O4S. The highest BCUT2D eigenvalue weighted by Crippen LogP contribution is 2.66. The average molecular weight is 442 g/mol. The molecule has 4 atom stereocenters. The van der Waals surface area contributed by atoms with Crippen molar-refractivity contribution in [1.29, 1.82) is 0 Å². The van der Waals surface area contributed by atoms with E-state index in [1.807, 2.05) is 12.2 Å². The van der Waals surface area contributed by atoms with Gasteiger partial charge in [0.25, 0.3) is 5.69 Å². The highest BCUT2D eigenvalue weighted by atomic mass is 32.2. The molecule has 1 aromatic carbocycles. The normalized spacial score (nSPS) is 30.2. The number of non-ortho nitro benzene ring substituents is 1. The Bertz CT molecular complexity index is 884. The van der Waals surface area contributed by atoms with Gasteiger partial charge in [-0.1, -0.05) is 37.3 Å². The minimum absolute atomic E-state index is 0.199. The predicted molar refractivity (Wildman–Crippen MR) is 109 cm³/mol. The highest BCUT2D eigenvalue weighted by molar-refractivity contribution is 8.01. The summed E-state index contributed by atoms with van der Waals surface area (Å²) in [5, 5.41) is 14.1. The van der Waals surface area contributed by atoms with Gasteiger partial charge in [-0.05, 0) is 19.8 Å². The van der Waals surface area contributed by atoms with E-state index in [1.54, 1.807) is 6.92 Å². The maximum Gasteiger partial charge on any atom is 0.307 e. The molecule has 1 aliphatic heterocycles. The summed E-state index contributed by atoms with van der Waals surface area (Å²) in [5.41, 5.74) is 3.35. The Morgan fingerprint density at radius 2 is 2.13 bits per heavy atom. The number of rotatable bonds is 8. The quantitative estimate of drug-likeness (QED) is 0.271. The van der Waals surface area contributed by atoms with Crippen LogP contribution in [0.5, 0.6) is 0 Å². The topological polar surface area (TPSA) is 107 Å². The van der Waals surface area contributed by atoms with Gasteiger partial charge in [0, 0.05) is 30.4 Å². The Morgan fingerprint density at radius 1 is 1.43 bits per heavy atom. The van der Waals surface area contributed by atoms with Gasteiger partial charge >= 0.3 is 5.97 Å². The van der Waals surface area contributed by atoms with Gasteiger partial charge in [0.1, 0.15) is 5.50 Å². The van der Waals surface area contributed by atoms with Crippen molar-refractivity contribution >= 4 is 23.4 Å². The van der Waals surface area contributed by atoms with Crippen molar-refractivity contribution in [2.45, 2.75) is 61.9 Å². The number of hydrogen-bond donors (Lipinski definition) is 2. The molecule has 2 aliphatic rings. The molecule has 0 aromatic heterocycles. The number of hydrogen-bond acceptors (Lipinski definition) is 7. The zero-order valence-electron chi connectivity index (χ0n) is 16.8. The highest BCUT2D eigenvalue weighted by Gasteiger charge is 2.70. The van der Waals surface area contributed by atoms with Crippen LogP contribution >= 0.6 is 11.8 Å². The van der Waals surface area contributed by atoms with E-state index >= 15 is 0 Å². The number of fused-ring (bicyclic) bond motifs is 1. The number of esters is 1. The number of nitro groups is 1. The van der Waals surface area contributed by atoms with E-state index in [-0.39, 0.29) is 12.0 Å². The fourth-order valence-corrected chi connectivity index (χ4v) is 5.49. The Hall–Kier alpha value is -2.04. The smallest absolute Gasteiger partial charge is 0.307 e. The van der Waals surface area contributed by atoms with Gasteiger partial charge in [-0.3, -0.25) is 20.2 Å². The molecule has 0 radical (unpaired) electrons. The van der Waals surface area contributed by atoms with Crippen molar-refractivity contribution in [2.24, 2.45) is 11.7 Å². The van der Waals surface area contributed by atoms with E-state index in [0.29, 0.717) is 18.9 Å². The van der Waals surface area contributed by atoms with Gasteiger partial charge < -0.3 is 10.5 Å². The van der Waals surface area contributed by atoms with Gasteiger partial charge in [-0.25, -0.2) is 8.78 Å². The second-order valence-corrected chi connectivity index (χ2v) is 9.21. The van der Waals surface area contributed by atoms with Crippen LogP contribution in [0.25, 0.3) is 0 Å². The maximum absolute atomic E-state index is 14.6. The first-order valence-electron chi connectivity index (χ1n) is 9.85. The van der Waals surface area contributed by atoms with Crippen LogP contribution in [-0.2, 0) is 15.1 Å². The molecule has 164 valence electrons. The first-order chi connectivity index (χ1) is 14.1. The van der Waals surface area contributed by atoms with E-state index < -0.39 is 50.1 Å². The van der Waals surface area contributed by atoms with Crippen molar-refractivity contribution in [2.75, 3.05) is 0 Å². The third kappa shape index (κ3) is 4.35. The molecule has 2 fully saturated rings. The second kappa shape index (κ2) is 8.60. The van der Waals surface area contributed by atoms with Gasteiger partial charge in [-0.15, -0.1) is 0 Å². The largest absolute Gasteiger partial charge is 0.447 e. The number of nitrogens with one attached hydrogen (secondary N) is 1. The lowest BCUT2D eigenvalue weighted by atomic mass is 9.85. The zero-order valence-corrected chi connectivity index (χ0v) is 17.6. The number of halogens is 2. The van der Waals surface area contributed by atoms with Crippen molar-refractivity contribution in [3.05, 3.63) is 51.6 Å². The lowest BCUT2D eigenvalue weighted by Crippen LogP contribution is -2.56. The number of unbranched alkanes of at least 4 members (excludes halogenated alkanes) is 1. The third-order valence-corrected chi connectivity index (χ3v) is 6.84. The monoisotopic (exact) mass is 441 g/mol. The molecule has 30 heavy (non-hydrogen) atoms. The fourth-order valence-electron chi connectivity index (χ4n) is 3.95. The summed E-state index contributed by atoms with van der Waals surface area (Å²) in [4.78, 5) is 21.7. The Morgan fingerprint density at radius 3 is 2.80 bits per heavy atom. The Balaban J connectivity index is 1.80. The summed E-state index contributed by atoms with van der Waals surface area (Å²) in [7, 11) is 0. The average Bonchev–Trinajstić information content (AvgIpc) is 3.37. The van der Waals surface area contributed by atoms with E-state index in [2.05, 4.69) is 12.2 Å². The zero-order chi connectivity index (χ0) is 22.1. The summed E-state index contributed by atoms with van der Waals surface area (Å²) in [6.45, 7) is 3.66. The number of thioether (sulfide) groups is 1. The molecule has 1 aromatic rings. The summed E-state index contributed by atoms with van der Waals surface area (Å²) in [6.07, 6.45) is 7.06. The van der Waals surface area contributed by atoms with Crippen LogP contribution in [-0.4, -0.2) is 21.3 Å². The summed E-state index contributed by atoms with van der Waals surface area (Å²) in [5.74, 6) is -3.29. The SMILES string of the molecule is CCCC=CCCC(=O)O[C@]12C[C@H]1[C@@](C)(c1cc([N+](=O)[O-])cc(F)c1F)NC(N)S2. The van der Waals surface area contributed by atoms with Crippen molar-refractivity contribution in [1.82, 2.24) is 5.32 Å². The van der Waals surface area contributed by atoms with Crippen LogP contribution in [0.4, 0.5) is 14.5 Å². The molecule has 3 N–H and O–H groups in total. The summed E-state index contributed by atoms with van der Waals surface area (Å²) < 4.78 is 34.4. The molecule has 1 saturated carbocycles. The number of ether oxygens (including phenoxy) is 1. The number of carbonyl (C=O) groups is 1. The number of nitro benzene ring substituents is 1. The molecule has 10 heteroatoms. The number of nitrogens with two attached hydrogens (primary N) is 1.